The normalized spacial score (nSPS) is 29.4. The molecule has 2 aromatic rings. The van der Waals surface area contributed by atoms with Gasteiger partial charge >= 0.3 is 11.8 Å². The Morgan fingerprint density at radius 2 is 1.49 bits per heavy atom. The van der Waals surface area contributed by atoms with Crippen molar-refractivity contribution in [3.05, 3.63) is 58.0 Å². The Hall–Kier alpha value is -4.99. The smallest absolute Gasteiger partial charge is 0.312 e. The van der Waals surface area contributed by atoms with Crippen LogP contribution in [0.4, 0.5) is 5.69 Å². The van der Waals surface area contributed by atoms with E-state index in [9.17, 15) is 34.8 Å². The van der Waals surface area contributed by atoms with Crippen LogP contribution in [-0.2, 0) is 23.8 Å². The number of aromatic hydroxyl groups is 2. The van der Waals surface area contributed by atoms with E-state index in [2.05, 4.69) is 34.7 Å². The summed E-state index contributed by atoms with van der Waals surface area (Å²) in [4.78, 5) is 53.7. The van der Waals surface area contributed by atoms with Crippen LogP contribution in [0.25, 0.3) is 10.8 Å². The van der Waals surface area contributed by atoms with E-state index >= 15 is 0 Å². The van der Waals surface area contributed by atoms with E-state index in [0.29, 0.717) is 31.8 Å². The number of allylic oxidation sites excluding steroid dienone is 2. The summed E-state index contributed by atoms with van der Waals surface area (Å²) in [7, 11) is 1.47. The van der Waals surface area contributed by atoms with Crippen molar-refractivity contribution in [1.29, 1.82) is 0 Å². The van der Waals surface area contributed by atoms with E-state index in [-0.39, 0.29) is 80.7 Å². The molecule has 75 heavy (non-hydrogen) atoms. The lowest BCUT2D eigenvalue weighted by Gasteiger charge is -2.38. The topological polar surface area (TPSA) is 274 Å². The number of esters is 1. The zero-order chi connectivity index (χ0) is 55.7. The zero-order valence-corrected chi connectivity index (χ0v) is 46.4. The molecule has 4 aliphatic heterocycles. The first-order chi connectivity index (χ1) is 35.4. The number of nitrogens with one attached hydrogen (secondary N) is 3. The quantitative estimate of drug-likeness (QED) is 0.0762. The van der Waals surface area contributed by atoms with Crippen LogP contribution in [0, 0.1) is 36.5 Å². The number of carbonyl (C=O) groups excluding carboxylic acids is 3. The Labute approximate surface area is 442 Å². The van der Waals surface area contributed by atoms with Crippen LogP contribution in [-0.4, -0.2) is 154 Å². The number of phenolic OH excluding ortho intramolecular Hbond substituents is 2. The molecule has 0 saturated carbocycles. The summed E-state index contributed by atoms with van der Waals surface area (Å²) in [5.74, 6) is -6.44. The second-order valence-electron chi connectivity index (χ2n) is 21.4. The van der Waals surface area contributed by atoms with Gasteiger partial charge in [0.1, 0.15) is 28.6 Å². The molecule has 2 aromatic carbocycles. The number of benzene rings is 2. The van der Waals surface area contributed by atoms with Crippen LogP contribution in [0.5, 0.6) is 17.2 Å². The van der Waals surface area contributed by atoms with Gasteiger partial charge in [0.15, 0.2) is 11.4 Å². The van der Waals surface area contributed by atoms with Crippen molar-refractivity contribution in [2.45, 2.75) is 157 Å². The lowest BCUT2D eigenvalue weighted by atomic mass is 9.78. The third-order valence-electron chi connectivity index (χ3n) is 15.3. The first-order valence-electron chi connectivity index (χ1n) is 26.7. The highest BCUT2D eigenvalue weighted by Gasteiger charge is 2.50. The number of hydrogen-bond acceptors (Lipinski definition) is 18. The first kappa shape index (κ1) is 60.9. The van der Waals surface area contributed by atoms with Crippen molar-refractivity contribution in [3.8, 4) is 17.2 Å². The molecule has 1 fully saturated rings. The van der Waals surface area contributed by atoms with Gasteiger partial charge in [0, 0.05) is 119 Å². The minimum Gasteiger partial charge on any atom is -0.507 e. The number of amides is 1. The Kier molecular flexibility index (Phi) is 21.4. The molecule has 19 heteroatoms. The van der Waals surface area contributed by atoms with Gasteiger partial charge in [0.2, 0.25) is 0 Å². The number of Topliss-reactive ketones (excluding diaryl/α,β-unsaturated/α-hetero) is 1. The molecule has 4 bridgehead atoms. The molecule has 0 aliphatic carbocycles. The molecular formula is C56H86N6O13. The summed E-state index contributed by atoms with van der Waals surface area (Å²) in [5.41, 5.74) is -0.572. The largest absolute Gasteiger partial charge is 0.507 e. The highest BCUT2D eigenvalue weighted by atomic mass is 16.7. The van der Waals surface area contributed by atoms with Crippen LogP contribution in [0.1, 0.15) is 118 Å². The van der Waals surface area contributed by atoms with Gasteiger partial charge in [0.25, 0.3) is 11.7 Å². The second kappa shape index (κ2) is 26.4. The van der Waals surface area contributed by atoms with Crippen LogP contribution in [0.15, 0.2) is 46.1 Å². The maximum atomic E-state index is 14.7. The number of carbonyl (C=O) groups is 3. The van der Waals surface area contributed by atoms with Crippen molar-refractivity contribution in [1.82, 2.24) is 15.5 Å². The Morgan fingerprint density at radius 3 is 2.04 bits per heavy atom. The molecule has 6 rings (SSSR count). The lowest BCUT2D eigenvalue weighted by molar-refractivity contribution is -0.160. The number of methoxy groups -OCH3 is 1. The second-order valence-corrected chi connectivity index (χ2v) is 21.4. The fourth-order valence-corrected chi connectivity index (χ4v) is 10.4. The Morgan fingerprint density at radius 1 is 0.893 bits per heavy atom. The van der Waals surface area contributed by atoms with Crippen LogP contribution in [0.2, 0.25) is 0 Å². The number of aliphatic hydroxyl groups excluding tert-OH is 4. The number of likely N-dealkylation sites (tertiary alicyclic amines) is 1. The minimum absolute atomic E-state index is 0.0364. The number of ether oxygens (including phenoxy) is 4. The number of aliphatic hydroxyl groups is 4. The van der Waals surface area contributed by atoms with E-state index in [4.69, 9.17) is 39.1 Å². The van der Waals surface area contributed by atoms with Gasteiger partial charge in [0.05, 0.1) is 54.1 Å². The number of anilines is 1. The first-order valence-corrected chi connectivity index (χ1v) is 26.7. The van der Waals surface area contributed by atoms with E-state index in [1.807, 2.05) is 13.8 Å². The summed E-state index contributed by atoms with van der Waals surface area (Å²) >= 11 is 0. The molecule has 1 saturated heterocycles. The van der Waals surface area contributed by atoms with Crippen molar-refractivity contribution in [3.63, 3.8) is 0 Å². The molecule has 4 heterocycles. The summed E-state index contributed by atoms with van der Waals surface area (Å²) in [6.07, 6.45) is 6.91. The molecule has 0 radical (unpaired) electrons. The van der Waals surface area contributed by atoms with Crippen LogP contribution in [0.3, 0.4) is 0 Å². The molecule has 0 unspecified atom stereocenters. The predicted molar refractivity (Wildman–Crippen MR) is 286 cm³/mol. The van der Waals surface area contributed by atoms with E-state index < -0.39 is 82.9 Å². The highest BCUT2D eigenvalue weighted by molar-refractivity contribution is 6.19. The standard InChI is InChI=1S/C46H62N4O11.C10H24N2O2/c1-22(2)21-50-18-16-46(17-19-50)48-34-31-32-39(54)28(8)42-33(31)43(56)45(10,61-42)59-20-15-30(58-11)25(5)41(60-29(9)51)27(7)38(53)26(6)37(52)23(3)13-12-14-24(4)44(57)47-36(40(32)55)35(34)49-46;1-3-9(7-13)11-5-6-12-10(4-2)8-14/h12-15,20,22-23,25-27,30,37-38,41,52-55H,16-19,21H2,1-11H3,(H,47,57);9-14H,3-8H2,1-2H3/b13-12+,20-15+,24-14-;/t23-,25+,26+,27+,30-,37-,38+,41+,45-;9-,10-/m00/s1. The van der Waals surface area contributed by atoms with Gasteiger partial charge in [-0.2, -0.15) is 0 Å². The number of fused-ring (bicyclic) bond motifs is 1. The maximum absolute atomic E-state index is 14.7. The lowest BCUT2D eigenvalue weighted by Crippen LogP contribution is -2.46. The molecule has 19 nitrogen and oxygen atoms in total. The average Bonchev–Trinajstić information content (AvgIpc) is 3.88. The monoisotopic (exact) mass is 1050 g/mol. The number of hydrogen-bond donors (Lipinski definition) is 9. The molecule has 4 aliphatic rings. The molecule has 9 N–H and O–H groups in total. The fourth-order valence-electron chi connectivity index (χ4n) is 10.4. The molecule has 418 valence electrons. The van der Waals surface area contributed by atoms with E-state index in [1.165, 1.54) is 27.2 Å². The van der Waals surface area contributed by atoms with E-state index in [0.717, 1.165) is 32.5 Å². The van der Waals surface area contributed by atoms with Gasteiger partial charge in [-0.05, 0) is 38.7 Å². The summed E-state index contributed by atoms with van der Waals surface area (Å²) in [6, 6.07) is 0.400. The van der Waals surface area contributed by atoms with Crippen molar-refractivity contribution in [2.75, 3.05) is 58.4 Å². The number of nitrogens with zero attached hydrogens (tertiary/aromatic N) is 3. The fraction of sp³-hybridized carbons (Fsp3) is 0.661. The van der Waals surface area contributed by atoms with Crippen molar-refractivity contribution >= 4 is 34.1 Å². The van der Waals surface area contributed by atoms with E-state index in [1.54, 1.807) is 65.8 Å². The molecule has 0 aromatic heterocycles. The Balaban J connectivity index is 0.000000649. The maximum Gasteiger partial charge on any atom is 0.312 e. The predicted octanol–water partition coefficient (Wildman–Crippen LogP) is 4.46. The average molecular weight is 1050 g/mol. The van der Waals surface area contributed by atoms with Crippen molar-refractivity contribution in [2.24, 2.45) is 39.6 Å². The number of phenols is 2. The number of rotatable bonds is 13. The summed E-state index contributed by atoms with van der Waals surface area (Å²) < 4.78 is 24.0. The van der Waals surface area contributed by atoms with Crippen LogP contribution < -0.4 is 31.4 Å². The molecule has 1 spiro atoms. The third-order valence-corrected chi connectivity index (χ3v) is 15.3. The van der Waals surface area contributed by atoms with Crippen LogP contribution >= 0.6 is 0 Å². The molecule has 11 atom stereocenters. The van der Waals surface area contributed by atoms with Crippen molar-refractivity contribution < 1.29 is 64.0 Å². The van der Waals surface area contributed by atoms with Gasteiger partial charge < -0.3 is 70.4 Å². The zero-order valence-electron chi connectivity index (χ0n) is 46.4. The summed E-state index contributed by atoms with van der Waals surface area (Å²) in [5, 5.41) is 74.4. The van der Waals surface area contributed by atoms with Gasteiger partial charge in [-0.3, -0.25) is 24.4 Å². The van der Waals surface area contributed by atoms with Gasteiger partial charge in [-0.15, -0.1) is 0 Å². The molecular weight excluding hydrogens is 965 g/mol. The number of ketones is 1. The van der Waals surface area contributed by atoms with Gasteiger partial charge in [-0.1, -0.05) is 73.6 Å². The Bertz CT molecular complexity index is 2540. The van der Waals surface area contributed by atoms with Gasteiger partial charge in [-0.25, -0.2) is 0 Å². The minimum atomic E-state index is -1.96. The molecule has 1 amide bonds. The highest BCUT2D eigenvalue weighted by Crippen LogP contribution is 2.50. The number of piperidine rings is 1. The third kappa shape index (κ3) is 13.8. The SMILES string of the molecule is CC[C@@H](CO)NCCN[C@@H](CC)CO.CO[C@H]1/C=C/O[C@@]2(C)Oc3c(C)c(O)c4c(O)c(c5c(c4c3C2=O)=NC2(CCN(CC(C)C)CC2)N=5)NC(=O)/C(C)=C\C=C\[C@H](C)[C@H](O)[C@@H](C)[C@@H](O)[C@@H](C)[C@H](OC(C)=O)[C@@H]1C. The summed E-state index contributed by atoms with van der Waals surface area (Å²) in [6.45, 7) is 25.6.